The fourth-order valence-electron chi connectivity index (χ4n) is 4.22. The first-order chi connectivity index (χ1) is 15.7. The van der Waals surface area contributed by atoms with Crippen LogP contribution in [-0.2, 0) is 11.3 Å². The predicted octanol–water partition coefficient (Wildman–Crippen LogP) is 3.86. The van der Waals surface area contributed by atoms with Crippen LogP contribution in [-0.4, -0.2) is 54.7 Å². The van der Waals surface area contributed by atoms with Gasteiger partial charge in [-0.3, -0.25) is 15.0 Å². The molecule has 3 heterocycles. The summed E-state index contributed by atoms with van der Waals surface area (Å²) in [6, 6.07) is 10.6. The quantitative estimate of drug-likeness (QED) is 0.155. The summed E-state index contributed by atoms with van der Waals surface area (Å²) in [5.41, 5.74) is 0.996. The van der Waals surface area contributed by atoms with Crippen molar-refractivity contribution >= 4 is 35.6 Å². The molecule has 0 amide bonds. The molecular weight excluding hydrogens is 537 g/mol. The zero-order chi connectivity index (χ0) is 22.2. The number of nitro groups is 1. The molecule has 1 aromatic carbocycles. The predicted molar refractivity (Wildman–Crippen MR) is 137 cm³/mol. The van der Waals surface area contributed by atoms with Crippen molar-refractivity contribution < 1.29 is 14.1 Å². The van der Waals surface area contributed by atoms with Gasteiger partial charge in [0, 0.05) is 31.8 Å². The molecule has 2 aliphatic rings. The molecular formula is C23H32IN5O4. The number of ether oxygens (including phenoxy) is 1. The Morgan fingerprint density at radius 1 is 1.18 bits per heavy atom. The standard InChI is InChI=1S/C23H31N5O4.HI/c29-28(30)19-9-7-18(8-10-19)15-24-23(25-16-20-5-3-13-31-20)26-17-21(22-6-4-14-32-22)27-11-1-2-12-27;/h4,6-10,14,20-21H,1-3,5,11-13,15-17H2,(H2,24,25,26);1H. The summed E-state index contributed by atoms with van der Waals surface area (Å²) in [6.07, 6.45) is 6.46. The molecule has 1 aromatic heterocycles. The van der Waals surface area contributed by atoms with E-state index in [0.29, 0.717) is 25.6 Å². The van der Waals surface area contributed by atoms with Gasteiger partial charge in [-0.2, -0.15) is 0 Å². The van der Waals surface area contributed by atoms with E-state index in [1.54, 1.807) is 18.4 Å². The number of nitro benzene ring substituents is 1. The smallest absolute Gasteiger partial charge is 0.269 e. The molecule has 0 saturated carbocycles. The second-order valence-corrected chi connectivity index (χ2v) is 8.26. The van der Waals surface area contributed by atoms with Gasteiger partial charge in [-0.15, -0.1) is 24.0 Å². The molecule has 0 spiro atoms. The van der Waals surface area contributed by atoms with Crippen LogP contribution >= 0.6 is 24.0 Å². The highest BCUT2D eigenvalue weighted by Gasteiger charge is 2.26. The van der Waals surface area contributed by atoms with E-state index in [0.717, 1.165) is 43.9 Å². The minimum Gasteiger partial charge on any atom is -0.468 e. The van der Waals surface area contributed by atoms with Crippen molar-refractivity contribution in [1.29, 1.82) is 0 Å². The number of guanidine groups is 1. The van der Waals surface area contributed by atoms with Gasteiger partial charge in [0.2, 0.25) is 0 Å². The highest BCUT2D eigenvalue weighted by Crippen LogP contribution is 2.25. The van der Waals surface area contributed by atoms with Gasteiger partial charge < -0.3 is 19.8 Å². The second-order valence-electron chi connectivity index (χ2n) is 8.26. The first kappa shape index (κ1) is 25.4. The van der Waals surface area contributed by atoms with Crippen LogP contribution in [0.4, 0.5) is 5.69 Å². The Hall–Kier alpha value is -2.18. The number of non-ortho nitro benzene ring substituents is 1. The zero-order valence-electron chi connectivity index (χ0n) is 18.7. The van der Waals surface area contributed by atoms with Crippen molar-refractivity contribution in [2.45, 2.75) is 44.4 Å². The van der Waals surface area contributed by atoms with Gasteiger partial charge in [0.05, 0.1) is 29.9 Å². The number of rotatable bonds is 9. The number of hydrogen-bond donors (Lipinski definition) is 2. The number of nitrogens with one attached hydrogen (secondary N) is 2. The second kappa shape index (κ2) is 12.9. The Bertz CT molecular complexity index is 879. The molecule has 2 atom stereocenters. The van der Waals surface area contributed by atoms with E-state index >= 15 is 0 Å². The third-order valence-corrected chi connectivity index (χ3v) is 6.00. The maximum atomic E-state index is 10.9. The van der Waals surface area contributed by atoms with Gasteiger partial charge in [0.15, 0.2) is 5.96 Å². The van der Waals surface area contributed by atoms with Gasteiger partial charge in [-0.1, -0.05) is 12.1 Å². The van der Waals surface area contributed by atoms with Gasteiger partial charge >= 0.3 is 0 Å². The molecule has 2 saturated heterocycles. The molecule has 0 bridgehead atoms. The molecule has 2 aliphatic heterocycles. The Labute approximate surface area is 211 Å². The number of likely N-dealkylation sites (tertiary alicyclic amines) is 1. The van der Waals surface area contributed by atoms with E-state index in [1.807, 2.05) is 12.1 Å². The monoisotopic (exact) mass is 569 g/mol. The van der Waals surface area contributed by atoms with Crippen LogP contribution in [0.2, 0.25) is 0 Å². The minimum absolute atomic E-state index is 0. The maximum absolute atomic E-state index is 10.9. The summed E-state index contributed by atoms with van der Waals surface area (Å²) in [5, 5.41) is 17.8. The largest absolute Gasteiger partial charge is 0.468 e. The maximum Gasteiger partial charge on any atom is 0.269 e. The third kappa shape index (κ3) is 7.41. The van der Waals surface area contributed by atoms with Gasteiger partial charge in [-0.25, -0.2) is 4.99 Å². The van der Waals surface area contributed by atoms with Gasteiger partial charge in [-0.05, 0) is 56.5 Å². The molecule has 33 heavy (non-hydrogen) atoms. The summed E-state index contributed by atoms with van der Waals surface area (Å²) < 4.78 is 11.5. The lowest BCUT2D eigenvalue weighted by Gasteiger charge is -2.27. The molecule has 2 N–H and O–H groups in total. The summed E-state index contributed by atoms with van der Waals surface area (Å²) in [5.74, 6) is 1.66. The van der Waals surface area contributed by atoms with E-state index in [4.69, 9.17) is 14.1 Å². The Morgan fingerprint density at radius 2 is 1.97 bits per heavy atom. The Kier molecular flexibility index (Phi) is 9.95. The summed E-state index contributed by atoms with van der Waals surface area (Å²) in [4.78, 5) is 17.7. The van der Waals surface area contributed by atoms with Gasteiger partial charge in [0.25, 0.3) is 5.69 Å². The van der Waals surface area contributed by atoms with Crippen molar-refractivity contribution in [3.8, 4) is 0 Å². The van der Waals surface area contributed by atoms with Crippen molar-refractivity contribution in [2.24, 2.45) is 4.99 Å². The summed E-state index contributed by atoms with van der Waals surface area (Å²) in [6.45, 7) is 4.72. The van der Waals surface area contributed by atoms with E-state index in [9.17, 15) is 10.1 Å². The zero-order valence-corrected chi connectivity index (χ0v) is 21.0. The highest BCUT2D eigenvalue weighted by atomic mass is 127. The van der Waals surface area contributed by atoms with Crippen LogP contribution in [0.1, 0.15) is 43.0 Å². The molecule has 2 unspecified atom stereocenters. The third-order valence-electron chi connectivity index (χ3n) is 6.00. The topological polar surface area (TPSA) is 105 Å². The van der Waals surface area contributed by atoms with Gasteiger partial charge in [0.1, 0.15) is 5.76 Å². The molecule has 10 heteroatoms. The minimum atomic E-state index is -0.393. The van der Waals surface area contributed by atoms with Crippen molar-refractivity contribution in [3.05, 3.63) is 64.1 Å². The first-order valence-corrected chi connectivity index (χ1v) is 11.3. The highest BCUT2D eigenvalue weighted by molar-refractivity contribution is 14.0. The number of furan rings is 1. The average Bonchev–Trinajstić information content (AvgIpc) is 3.59. The molecule has 2 fully saturated rings. The molecule has 0 radical (unpaired) electrons. The van der Waals surface area contributed by atoms with E-state index in [-0.39, 0.29) is 41.8 Å². The number of hydrogen-bond acceptors (Lipinski definition) is 6. The normalized spacial score (nSPS) is 19.8. The number of nitrogens with zero attached hydrogens (tertiary/aromatic N) is 3. The molecule has 9 nitrogen and oxygen atoms in total. The van der Waals surface area contributed by atoms with Crippen LogP contribution in [0.15, 0.2) is 52.1 Å². The fourth-order valence-corrected chi connectivity index (χ4v) is 4.22. The molecule has 2 aromatic rings. The lowest BCUT2D eigenvalue weighted by Crippen LogP contribution is -2.44. The fraction of sp³-hybridized carbons (Fsp3) is 0.522. The lowest BCUT2D eigenvalue weighted by atomic mass is 10.2. The summed E-state index contributed by atoms with van der Waals surface area (Å²) >= 11 is 0. The van der Waals surface area contributed by atoms with Crippen LogP contribution in [0.5, 0.6) is 0 Å². The lowest BCUT2D eigenvalue weighted by molar-refractivity contribution is -0.384. The Morgan fingerprint density at radius 3 is 2.61 bits per heavy atom. The van der Waals surface area contributed by atoms with Crippen LogP contribution in [0.3, 0.4) is 0 Å². The first-order valence-electron chi connectivity index (χ1n) is 11.3. The Balaban J connectivity index is 0.00000306. The SMILES string of the molecule is I.O=[N+]([O-])c1ccc(CN=C(NCC2CCCO2)NCC(c2ccco2)N2CCCC2)cc1. The molecule has 180 valence electrons. The van der Waals surface area contributed by atoms with Crippen LogP contribution in [0, 0.1) is 10.1 Å². The van der Waals surface area contributed by atoms with Crippen LogP contribution < -0.4 is 10.6 Å². The van der Waals surface area contributed by atoms with E-state index in [1.165, 1.54) is 25.0 Å². The summed E-state index contributed by atoms with van der Waals surface area (Å²) in [7, 11) is 0. The molecule has 0 aliphatic carbocycles. The van der Waals surface area contributed by atoms with Crippen LogP contribution in [0.25, 0.3) is 0 Å². The van der Waals surface area contributed by atoms with Crippen molar-refractivity contribution in [3.63, 3.8) is 0 Å². The number of aliphatic imine (C=N–C) groups is 1. The number of benzene rings is 1. The van der Waals surface area contributed by atoms with E-state index in [2.05, 4.69) is 15.5 Å². The van der Waals surface area contributed by atoms with E-state index < -0.39 is 4.92 Å². The average molecular weight is 569 g/mol. The molecule has 4 rings (SSSR count). The van der Waals surface area contributed by atoms with Crippen molar-refractivity contribution in [1.82, 2.24) is 15.5 Å². The number of halogens is 1. The van der Waals surface area contributed by atoms with Crippen molar-refractivity contribution in [2.75, 3.05) is 32.8 Å².